The molecule has 20 heavy (non-hydrogen) atoms. The van der Waals surface area contributed by atoms with Gasteiger partial charge in [0, 0.05) is 5.69 Å². The van der Waals surface area contributed by atoms with Crippen LogP contribution in [-0.2, 0) is 16.0 Å². The van der Waals surface area contributed by atoms with Crippen molar-refractivity contribution in [3.8, 4) is 0 Å². The van der Waals surface area contributed by atoms with Crippen molar-refractivity contribution in [2.45, 2.75) is 52.1 Å². The number of benzene rings is 1. The first-order valence-electron chi connectivity index (χ1n) is 7.18. The quantitative estimate of drug-likeness (QED) is 0.919. The second-order valence-corrected chi connectivity index (χ2v) is 5.51. The molecular weight excluding hydrogens is 252 g/mol. The zero-order valence-electron chi connectivity index (χ0n) is 12.6. The lowest BCUT2D eigenvalue weighted by molar-refractivity contribution is -0.137. The van der Waals surface area contributed by atoms with E-state index in [1.807, 2.05) is 31.2 Å². The summed E-state index contributed by atoms with van der Waals surface area (Å²) in [4.78, 5) is 26.7. The van der Waals surface area contributed by atoms with E-state index in [0.717, 1.165) is 17.7 Å². The summed E-state index contributed by atoms with van der Waals surface area (Å²) in [5.41, 5.74) is 1.12. The summed E-state index contributed by atoms with van der Waals surface area (Å²) < 4.78 is 0. The molecule has 0 aromatic heterocycles. The van der Waals surface area contributed by atoms with E-state index >= 15 is 0 Å². The number of nitrogens with one attached hydrogen (secondary N) is 1. The van der Waals surface area contributed by atoms with Crippen molar-refractivity contribution in [1.82, 2.24) is 5.32 Å². The Morgan fingerprint density at radius 3 is 2.50 bits per heavy atom. The van der Waals surface area contributed by atoms with E-state index in [9.17, 15) is 9.59 Å². The van der Waals surface area contributed by atoms with E-state index in [1.165, 1.54) is 0 Å². The van der Waals surface area contributed by atoms with Crippen molar-refractivity contribution in [2.24, 2.45) is 0 Å². The number of nitrogens with zero attached hydrogens (tertiary/aromatic N) is 1. The topological polar surface area (TPSA) is 49.4 Å². The van der Waals surface area contributed by atoms with E-state index in [2.05, 4.69) is 12.2 Å². The first-order valence-corrected chi connectivity index (χ1v) is 7.18. The molecule has 0 spiro atoms. The Labute approximate surface area is 120 Å². The van der Waals surface area contributed by atoms with E-state index in [1.54, 1.807) is 18.7 Å². The van der Waals surface area contributed by atoms with Crippen LogP contribution in [0.25, 0.3) is 0 Å². The summed E-state index contributed by atoms with van der Waals surface area (Å²) in [5.74, 6) is -0.132. The van der Waals surface area contributed by atoms with Gasteiger partial charge in [-0.3, -0.25) is 14.5 Å². The number of rotatable bonds is 3. The molecule has 1 saturated heterocycles. The van der Waals surface area contributed by atoms with Gasteiger partial charge in [-0.1, -0.05) is 32.0 Å². The van der Waals surface area contributed by atoms with Gasteiger partial charge in [0.2, 0.25) is 5.91 Å². The summed E-state index contributed by atoms with van der Waals surface area (Å²) in [6.45, 7) is 7.53. The third-order valence-corrected chi connectivity index (χ3v) is 4.20. The van der Waals surface area contributed by atoms with Gasteiger partial charge in [-0.15, -0.1) is 0 Å². The predicted molar refractivity (Wildman–Crippen MR) is 79.6 cm³/mol. The standard InChI is InChI=1S/C16H22N2O2/c1-5-12-9-7-8-10-13(12)18-11(3)14(19)17-16(4,6-2)15(18)20/h7-11H,5-6H2,1-4H3,(H,17,19). The molecule has 4 heteroatoms. The normalized spacial score (nSPS) is 26.6. The summed E-state index contributed by atoms with van der Waals surface area (Å²) in [7, 11) is 0. The number of carbonyl (C=O) groups excluding carboxylic acids is 2. The minimum absolute atomic E-state index is 0.0343. The van der Waals surface area contributed by atoms with Crippen molar-refractivity contribution in [3.63, 3.8) is 0 Å². The minimum Gasteiger partial charge on any atom is -0.340 e. The lowest BCUT2D eigenvalue weighted by atomic mass is 9.91. The summed E-state index contributed by atoms with van der Waals surface area (Å²) in [5, 5.41) is 2.85. The van der Waals surface area contributed by atoms with E-state index < -0.39 is 11.6 Å². The Bertz CT molecular complexity index is 541. The highest BCUT2D eigenvalue weighted by atomic mass is 16.2. The number of hydrogen-bond acceptors (Lipinski definition) is 2. The molecule has 2 amide bonds. The van der Waals surface area contributed by atoms with Crippen LogP contribution in [0.1, 0.15) is 39.7 Å². The second kappa shape index (κ2) is 5.27. The molecule has 1 heterocycles. The molecule has 1 aliphatic heterocycles. The molecule has 1 aliphatic rings. The SMILES string of the molecule is CCc1ccccc1N1C(=O)C(C)(CC)NC(=O)C1C. The van der Waals surface area contributed by atoms with Crippen molar-refractivity contribution in [2.75, 3.05) is 4.90 Å². The molecule has 0 saturated carbocycles. The Morgan fingerprint density at radius 1 is 1.25 bits per heavy atom. The number of para-hydroxylation sites is 1. The maximum absolute atomic E-state index is 12.8. The number of carbonyl (C=O) groups is 2. The van der Waals surface area contributed by atoms with Gasteiger partial charge >= 0.3 is 0 Å². The van der Waals surface area contributed by atoms with Crippen LogP contribution < -0.4 is 10.2 Å². The number of piperazine rings is 1. The highest BCUT2D eigenvalue weighted by Crippen LogP contribution is 2.30. The number of hydrogen-bond donors (Lipinski definition) is 1. The van der Waals surface area contributed by atoms with Crippen molar-refractivity contribution >= 4 is 17.5 Å². The van der Waals surface area contributed by atoms with Crippen LogP contribution in [0.5, 0.6) is 0 Å². The average Bonchev–Trinajstić information content (AvgIpc) is 2.46. The van der Waals surface area contributed by atoms with Gasteiger partial charge in [-0.25, -0.2) is 0 Å². The molecule has 1 aromatic carbocycles. The van der Waals surface area contributed by atoms with Crippen LogP contribution in [0.15, 0.2) is 24.3 Å². The first-order chi connectivity index (χ1) is 9.44. The van der Waals surface area contributed by atoms with Gasteiger partial charge in [-0.05, 0) is 38.3 Å². The molecule has 0 bridgehead atoms. The monoisotopic (exact) mass is 274 g/mol. The van der Waals surface area contributed by atoms with Crippen LogP contribution >= 0.6 is 0 Å². The fraction of sp³-hybridized carbons (Fsp3) is 0.500. The Hall–Kier alpha value is -1.84. The van der Waals surface area contributed by atoms with Gasteiger partial charge in [0.25, 0.3) is 5.91 Å². The highest BCUT2D eigenvalue weighted by Gasteiger charge is 2.46. The lowest BCUT2D eigenvalue weighted by Crippen LogP contribution is -2.68. The summed E-state index contributed by atoms with van der Waals surface area (Å²) >= 11 is 0. The summed E-state index contributed by atoms with van der Waals surface area (Å²) in [6, 6.07) is 7.31. The smallest absolute Gasteiger partial charge is 0.253 e. The highest BCUT2D eigenvalue weighted by molar-refractivity contribution is 6.10. The number of anilines is 1. The molecule has 4 nitrogen and oxygen atoms in total. The van der Waals surface area contributed by atoms with Crippen LogP contribution in [-0.4, -0.2) is 23.4 Å². The van der Waals surface area contributed by atoms with Gasteiger partial charge in [0.05, 0.1) is 0 Å². The molecular formula is C16H22N2O2. The van der Waals surface area contributed by atoms with Crippen molar-refractivity contribution in [3.05, 3.63) is 29.8 Å². The number of aryl methyl sites for hydroxylation is 1. The maximum Gasteiger partial charge on any atom is 0.253 e. The van der Waals surface area contributed by atoms with E-state index in [-0.39, 0.29) is 11.8 Å². The fourth-order valence-corrected chi connectivity index (χ4v) is 2.59. The van der Waals surface area contributed by atoms with E-state index in [4.69, 9.17) is 0 Å². The van der Waals surface area contributed by atoms with Crippen LogP contribution in [0, 0.1) is 0 Å². The molecule has 2 unspecified atom stereocenters. The first kappa shape index (κ1) is 14.6. The third-order valence-electron chi connectivity index (χ3n) is 4.20. The molecule has 0 aliphatic carbocycles. The Balaban J connectivity index is 2.52. The lowest BCUT2D eigenvalue weighted by Gasteiger charge is -2.43. The van der Waals surface area contributed by atoms with Gasteiger partial charge in [0.15, 0.2) is 0 Å². The Kier molecular flexibility index (Phi) is 3.84. The number of amides is 2. The Morgan fingerprint density at radius 2 is 1.90 bits per heavy atom. The average molecular weight is 274 g/mol. The molecule has 2 rings (SSSR count). The molecule has 1 N–H and O–H groups in total. The summed E-state index contributed by atoms with van der Waals surface area (Å²) in [6.07, 6.45) is 1.41. The van der Waals surface area contributed by atoms with Crippen LogP contribution in [0.4, 0.5) is 5.69 Å². The van der Waals surface area contributed by atoms with Gasteiger partial charge in [-0.2, -0.15) is 0 Å². The molecule has 108 valence electrons. The van der Waals surface area contributed by atoms with Crippen LogP contribution in [0.2, 0.25) is 0 Å². The maximum atomic E-state index is 12.8. The van der Waals surface area contributed by atoms with Gasteiger partial charge in [0.1, 0.15) is 11.6 Å². The minimum atomic E-state index is -0.815. The zero-order chi connectivity index (χ0) is 14.9. The second-order valence-electron chi connectivity index (χ2n) is 5.51. The zero-order valence-corrected chi connectivity index (χ0v) is 12.6. The largest absolute Gasteiger partial charge is 0.340 e. The van der Waals surface area contributed by atoms with Crippen LogP contribution in [0.3, 0.4) is 0 Å². The molecule has 1 aromatic rings. The fourth-order valence-electron chi connectivity index (χ4n) is 2.59. The molecule has 1 fully saturated rings. The molecule has 2 atom stereocenters. The van der Waals surface area contributed by atoms with Gasteiger partial charge < -0.3 is 5.32 Å². The van der Waals surface area contributed by atoms with Crippen molar-refractivity contribution in [1.29, 1.82) is 0 Å². The third kappa shape index (κ3) is 2.19. The predicted octanol–water partition coefficient (Wildman–Crippen LogP) is 2.27. The van der Waals surface area contributed by atoms with Crippen molar-refractivity contribution < 1.29 is 9.59 Å². The van der Waals surface area contributed by atoms with E-state index in [0.29, 0.717) is 6.42 Å². The molecule has 0 radical (unpaired) electrons.